The summed E-state index contributed by atoms with van der Waals surface area (Å²) < 4.78 is 6.21. The van der Waals surface area contributed by atoms with Gasteiger partial charge in [-0.1, -0.05) is 17.7 Å². The van der Waals surface area contributed by atoms with Crippen molar-refractivity contribution >= 4 is 22.0 Å². The fourth-order valence-corrected chi connectivity index (χ4v) is 2.83. The first-order valence-corrected chi connectivity index (χ1v) is 6.77. The second kappa shape index (κ2) is 5.69. The molecule has 1 atom stereocenters. The SMILES string of the molecule is COc1ccc(C=C2CCCC(N)C2)cc1Br. The molecule has 17 heavy (non-hydrogen) atoms. The Balaban J connectivity index is 2.17. The Morgan fingerprint density at radius 2 is 2.29 bits per heavy atom. The maximum absolute atomic E-state index is 5.98. The minimum absolute atomic E-state index is 0.344. The second-order valence-corrected chi connectivity index (χ2v) is 5.41. The van der Waals surface area contributed by atoms with Crippen LogP contribution in [-0.2, 0) is 0 Å². The zero-order valence-corrected chi connectivity index (χ0v) is 11.7. The van der Waals surface area contributed by atoms with Crippen molar-refractivity contribution in [1.29, 1.82) is 0 Å². The molecular formula is C14H18BrNO. The fourth-order valence-electron chi connectivity index (χ4n) is 2.27. The lowest BCUT2D eigenvalue weighted by Gasteiger charge is -2.20. The van der Waals surface area contributed by atoms with E-state index in [1.807, 2.05) is 6.07 Å². The predicted molar refractivity (Wildman–Crippen MR) is 75.1 cm³/mol. The van der Waals surface area contributed by atoms with Gasteiger partial charge in [0.1, 0.15) is 5.75 Å². The normalized spacial score (nSPS) is 22.8. The molecule has 1 aliphatic rings. The molecule has 0 spiro atoms. The molecule has 92 valence electrons. The molecule has 0 heterocycles. The van der Waals surface area contributed by atoms with Crippen LogP contribution in [0.5, 0.6) is 5.75 Å². The summed E-state index contributed by atoms with van der Waals surface area (Å²) in [5.41, 5.74) is 8.65. The number of halogens is 1. The first-order valence-electron chi connectivity index (χ1n) is 5.97. The highest BCUT2D eigenvalue weighted by atomic mass is 79.9. The Hall–Kier alpha value is -0.800. The van der Waals surface area contributed by atoms with Gasteiger partial charge in [0.05, 0.1) is 11.6 Å². The number of hydrogen-bond acceptors (Lipinski definition) is 2. The van der Waals surface area contributed by atoms with E-state index in [1.165, 1.54) is 24.0 Å². The van der Waals surface area contributed by atoms with Gasteiger partial charge in [-0.25, -0.2) is 0 Å². The summed E-state index contributed by atoms with van der Waals surface area (Å²) in [6.07, 6.45) is 6.83. The Kier molecular flexibility index (Phi) is 4.24. The van der Waals surface area contributed by atoms with Crippen LogP contribution in [-0.4, -0.2) is 13.2 Å². The van der Waals surface area contributed by atoms with Gasteiger partial charge in [-0.05, 0) is 59.3 Å². The molecule has 2 N–H and O–H groups in total. The van der Waals surface area contributed by atoms with Crippen LogP contribution in [0, 0.1) is 0 Å². The van der Waals surface area contributed by atoms with Crippen LogP contribution in [0.2, 0.25) is 0 Å². The maximum atomic E-state index is 5.98. The van der Waals surface area contributed by atoms with E-state index in [-0.39, 0.29) is 0 Å². The minimum atomic E-state index is 0.344. The molecule has 0 bridgehead atoms. The Labute approximate surface area is 111 Å². The summed E-state index contributed by atoms with van der Waals surface area (Å²) in [6.45, 7) is 0. The van der Waals surface area contributed by atoms with E-state index in [9.17, 15) is 0 Å². The second-order valence-electron chi connectivity index (χ2n) is 4.55. The quantitative estimate of drug-likeness (QED) is 0.902. The van der Waals surface area contributed by atoms with E-state index >= 15 is 0 Å². The average molecular weight is 296 g/mol. The topological polar surface area (TPSA) is 35.2 Å². The molecule has 0 saturated heterocycles. The van der Waals surface area contributed by atoms with Gasteiger partial charge >= 0.3 is 0 Å². The molecule has 1 saturated carbocycles. The summed E-state index contributed by atoms with van der Waals surface area (Å²) >= 11 is 3.51. The number of nitrogens with two attached hydrogens (primary N) is 1. The lowest BCUT2D eigenvalue weighted by atomic mass is 9.90. The molecule has 1 aromatic carbocycles. The molecule has 1 aromatic rings. The zero-order valence-electron chi connectivity index (χ0n) is 10.1. The molecular weight excluding hydrogens is 278 g/mol. The van der Waals surface area contributed by atoms with Crippen LogP contribution < -0.4 is 10.5 Å². The third kappa shape index (κ3) is 3.33. The Morgan fingerprint density at radius 1 is 1.47 bits per heavy atom. The largest absolute Gasteiger partial charge is 0.496 e. The Bertz CT molecular complexity index is 428. The van der Waals surface area contributed by atoms with Crippen molar-refractivity contribution in [3.05, 3.63) is 33.8 Å². The third-order valence-corrected chi connectivity index (χ3v) is 3.76. The van der Waals surface area contributed by atoms with Crippen molar-refractivity contribution in [2.24, 2.45) is 5.73 Å². The van der Waals surface area contributed by atoms with Gasteiger partial charge in [0, 0.05) is 6.04 Å². The van der Waals surface area contributed by atoms with E-state index in [2.05, 4.69) is 34.1 Å². The fraction of sp³-hybridized carbons (Fsp3) is 0.429. The van der Waals surface area contributed by atoms with Crippen LogP contribution in [0.4, 0.5) is 0 Å². The lowest BCUT2D eigenvalue weighted by Crippen LogP contribution is -2.23. The zero-order chi connectivity index (χ0) is 12.3. The van der Waals surface area contributed by atoms with Crippen molar-refractivity contribution in [1.82, 2.24) is 0 Å². The van der Waals surface area contributed by atoms with E-state index in [0.29, 0.717) is 6.04 Å². The van der Waals surface area contributed by atoms with Crippen LogP contribution in [0.15, 0.2) is 28.2 Å². The van der Waals surface area contributed by atoms with Crippen molar-refractivity contribution in [3.8, 4) is 5.75 Å². The highest BCUT2D eigenvalue weighted by molar-refractivity contribution is 9.10. The van der Waals surface area contributed by atoms with E-state index < -0.39 is 0 Å². The third-order valence-electron chi connectivity index (χ3n) is 3.14. The van der Waals surface area contributed by atoms with Crippen molar-refractivity contribution in [2.75, 3.05) is 7.11 Å². The maximum Gasteiger partial charge on any atom is 0.133 e. The molecule has 3 heteroatoms. The van der Waals surface area contributed by atoms with Gasteiger partial charge in [0.15, 0.2) is 0 Å². The lowest BCUT2D eigenvalue weighted by molar-refractivity contribution is 0.412. The summed E-state index contributed by atoms with van der Waals surface area (Å²) in [5, 5.41) is 0. The van der Waals surface area contributed by atoms with E-state index in [1.54, 1.807) is 7.11 Å². The first-order chi connectivity index (χ1) is 8.19. The van der Waals surface area contributed by atoms with Crippen molar-refractivity contribution in [2.45, 2.75) is 31.7 Å². The monoisotopic (exact) mass is 295 g/mol. The highest BCUT2D eigenvalue weighted by Crippen LogP contribution is 2.29. The van der Waals surface area contributed by atoms with Gasteiger partial charge in [-0.3, -0.25) is 0 Å². The molecule has 2 nitrogen and oxygen atoms in total. The number of ether oxygens (including phenoxy) is 1. The average Bonchev–Trinajstić information content (AvgIpc) is 2.29. The minimum Gasteiger partial charge on any atom is -0.496 e. The number of rotatable bonds is 2. The molecule has 1 unspecified atom stereocenters. The van der Waals surface area contributed by atoms with Crippen LogP contribution in [0.1, 0.15) is 31.2 Å². The van der Waals surface area contributed by atoms with Gasteiger partial charge in [-0.15, -0.1) is 0 Å². The summed E-state index contributed by atoms with van der Waals surface area (Å²) in [7, 11) is 1.68. The molecule has 0 aliphatic heterocycles. The van der Waals surface area contributed by atoms with Gasteiger partial charge in [0.2, 0.25) is 0 Å². The smallest absolute Gasteiger partial charge is 0.133 e. The Morgan fingerprint density at radius 3 is 2.94 bits per heavy atom. The van der Waals surface area contributed by atoms with Crippen LogP contribution in [0.3, 0.4) is 0 Å². The standard InChI is InChI=1S/C14H18BrNO/c1-17-14-6-5-11(9-13(14)15)7-10-3-2-4-12(16)8-10/h5-7,9,12H,2-4,8,16H2,1H3. The van der Waals surface area contributed by atoms with Gasteiger partial charge < -0.3 is 10.5 Å². The summed E-state index contributed by atoms with van der Waals surface area (Å²) in [6, 6.07) is 6.50. The molecule has 0 amide bonds. The molecule has 2 rings (SSSR count). The molecule has 1 aliphatic carbocycles. The van der Waals surface area contributed by atoms with Crippen LogP contribution >= 0.6 is 15.9 Å². The number of benzene rings is 1. The van der Waals surface area contributed by atoms with Crippen molar-refractivity contribution in [3.63, 3.8) is 0 Å². The number of hydrogen-bond donors (Lipinski definition) is 1. The summed E-state index contributed by atoms with van der Waals surface area (Å²) in [4.78, 5) is 0. The molecule has 0 radical (unpaired) electrons. The first kappa shape index (κ1) is 12.7. The van der Waals surface area contributed by atoms with E-state index in [0.717, 1.165) is 23.1 Å². The van der Waals surface area contributed by atoms with Gasteiger partial charge in [-0.2, -0.15) is 0 Å². The van der Waals surface area contributed by atoms with Crippen LogP contribution in [0.25, 0.3) is 6.08 Å². The van der Waals surface area contributed by atoms with Gasteiger partial charge in [0.25, 0.3) is 0 Å². The predicted octanol–water partition coefficient (Wildman–Crippen LogP) is 3.74. The molecule has 0 aromatic heterocycles. The number of methoxy groups -OCH3 is 1. The molecule has 1 fully saturated rings. The highest BCUT2D eigenvalue weighted by Gasteiger charge is 2.12. The summed E-state index contributed by atoms with van der Waals surface area (Å²) in [5.74, 6) is 0.868. The van der Waals surface area contributed by atoms with Crippen molar-refractivity contribution < 1.29 is 4.74 Å². The van der Waals surface area contributed by atoms with E-state index in [4.69, 9.17) is 10.5 Å².